The molecule has 1 amide bonds. The number of aromatic nitrogens is 1. The monoisotopic (exact) mass is 358 g/mol. The molecule has 2 rings (SSSR count). The summed E-state index contributed by atoms with van der Waals surface area (Å²) in [5, 5.41) is 0.0958. The lowest BCUT2D eigenvalue weighted by Crippen LogP contribution is -2.37. The van der Waals surface area contributed by atoms with Gasteiger partial charge in [0.1, 0.15) is 22.7 Å². The number of hydrogen-bond donors (Lipinski definition) is 0. The Kier molecular flexibility index (Phi) is 5.32. The maximum atomic E-state index is 13.6. The summed E-state index contributed by atoms with van der Waals surface area (Å²) in [6, 6.07) is 0.646. The molecule has 0 N–H and O–H groups in total. The predicted octanol–water partition coefficient (Wildman–Crippen LogP) is 3.49. The number of likely N-dealkylation sites (tertiary alicyclic amines) is 1. The maximum Gasteiger partial charge on any atom is 0.410 e. The molecule has 0 spiro atoms. The van der Waals surface area contributed by atoms with E-state index in [1.807, 2.05) is 0 Å². The van der Waals surface area contributed by atoms with Gasteiger partial charge in [-0.15, -0.1) is 0 Å². The second-order valence-electron chi connectivity index (χ2n) is 6.65. The summed E-state index contributed by atoms with van der Waals surface area (Å²) in [7, 11) is 0. The Bertz CT molecular complexity index is 647. The molecule has 1 aromatic rings. The van der Waals surface area contributed by atoms with Crippen molar-refractivity contribution in [2.75, 3.05) is 6.54 Å². The van der Waals surface area contributed by atoms with Crippen LogP contribution in [0.1, 0.15) is 45.7 Å². The third-order valence-corrected chi connectivity index (χ3v) is 3.73. The van der Waals surface area contributed by atoms with Gasteiger partial charge in [0.2, 0.25) is 0 Å². The Hall–Kier alpha value is -1.89. The van der Waals surface area contributed by atoms with Gasteiger partial charge < -0.3 is 9.47 Å². The lowest BCUT2D eigenvalue weighted by Gasteiger charge is -2.28. The molecule has 6 nitrogen and oxygen atoms in total. The van der Waals surface area contributed by atoms with Crippen molar-refractivity contribution in [3.05, 3.63) is 28.8 Å². The molecular formula is C16H20ClFN2O4. The first kappa shape index (κ1) is 18.4. The summed E-state index contributed by atoms with van der Waals surface area (Å²) in [4.78, 5) is 28.9. The number of carbonyl (C=O) groups excluding carboxylic acids is 2. The minimum absolute atomic E-state index is 0.0958. The van der Waals surface area contributed by atoms with Crippen LogP contribution in [0.5, 0.6) is 0 Å². The molecule has 1 fully saturated rings. The third kappa shape index (κ3) is 4.56. The van der Waals surface area contributed by atoms with E-state index in [2.05, 4.69) is 4.98 Å². The fourth-order valence-corrected chi connectivity index (χ4v) is 2.84. The van der Waals surface area contributed by atoms with E-state index in [4.69, 9.17) is 21.1 Å². The van der Waals surface area contributed by atoms with Crippen molar-refractivity contribution in [3.63, 3.8) is 0 Å². The highest BCUT2D eigenvalue weighted by Crippen LogP contribution is 2.37. The van der Waals surface area contributed by atoms with Gasteiger partial charge in [-0.1, -0.05) is 11.6 Å². The summed E-state index contributed by atoms with van der Waals surface area (Å²) in [5.74, 6) is -1.01. The van der Waals surface area contributed by atoms with Crippen molar-refractivity contribution in [2.24, 2.45) is 0 Å². The largest absolute Gasteiger partial charge is 0.461 e. The van der Waals surface area contributed by atoms with Crippen molar-refractivity contribution in [1.82, 2.24) is 9.88 Å². The molecule has 24 heavy (non-hydrogen) atoms. The van der Waals surface area contributed by atoms with E-state index in [0.717, 1.165) is 6.20 Å². The molecule has 1 saturated heterocycles. The van der Waals surface area contributed by atoms with E-state index in [-0.39, 0.29) is 11.7 Å². The Morgan fingerprint density at radius 3 is 2.67 bits per heavy atom. The zero-order valence-electron chi connectivity index (χ0n) is 14.0. The van der Waals surface area contributed by atoms with Crippen LogP contribution >= 0.6 is 11.6 Å². The van der Waals surface area contributed by atoms with Crippen LogP contribution in [0.25, 0.3) is 0 Å². The van der Waals surface area contributed by atoms with Gasteiger partial charge in [0.15, 0.2) is 0 Å². The highest BCUT2D eigenvalue weighted by atomic mass is 35.5. The van der Waals surface area contributed by atoms with E-state index >= 15 is 0 Å². The summed E-state index contributed by atoms with van der Waals surface area (Å²) in [5.41, 5.74) is -0.331. The minimum Gasteiger partial charge on any atom is -0.461 e. The van der Waals surface area contributed by atoms with Gasteiger partial charge in [0.25, 0.3) is 0 Å². The summed E-state index contributed by atoms with van der Waals surface area (Å²) < 4.78 is 24.1. The minimum atomic E-state index is -0.689. The zero-order chi connectivity index (χ0) is 18.1. The molecule has 0 radical (unpaired) electrons. The van der Waals surface area contributed by atoms with Crippen LogP contribution in [0, 0.1) is 5.82 Å². The number of carbonyl (C=O) groups is 2. The molecule has 1 aliphatic rings. The number of esters is 1. The molecule has 2 atom stereocenters. The summed E-state index contributed by atoms with van der Waals surface area (Å²) in [6.07, 6.45) is 0.202. The second kappa shape index (κ2) is 6.93. The van der Waals surface area contributed by atoms with E-state index in [1.165, 1.54) is 17.9 Å². The van der Waals surface area contributed by atoms with Crippen molar-refractivity contribution in [1.29, 1.82) is 0 Å². The molecule has 0 aliphatic carbocycles. The van der Waals surface area contributed by atoms with Crippen LogP contribution < -0.4 is 0 Å². The van der Waals surface area contributed by atoms with Gasteiger partial charge in [0.05, 0.1) is 18.8 Å². The molecule has 0 bridgehead atoms. The highest BCUT2D eigenvalue weighted by molar-refractivity contribution is 6.30. The van der Waals surface area contributed by atoms with E-state index < -0.39 is 35.6 Å². The molecule has 0 unspecified atom stereocenters. The van der Waals surface area contributed by atoms with Crippen LogP contribution in [0.2, 0.25) is 5.15 Å². The standard InChI is InChI=1S/C16H20ClFN2O4/c1-9(21)23-11-6-13(12-5-10(18)7-19-14(12)17)20(8-11)15(22)24-16(2,3)4/h5,7,11,13H,6,8H2,1-4H3/t11-,13-/m1/s1. The third-order valence-electron chi connectivity index (χ3n) is 3.42. The normalized spacial score (nSPS) is 20.8. The Morgan fingerprint density at radius 2 is 2.08 bits per heavy atom. The smallest absolute Gasteiger partial charge is 0.410 e. The SMILES string of the molecule is CC(=O)O[C@@H]1C[C@H](c2cc(F)cnc2Cl)N(C(=O)OC(C)(C)C)C1. The van der Waals surface area contributed by atoms with Gasteiger partial charge in [-0.25, -0.2) is 14.2 Å². The molecule has 1 aliphatic heterocycles. The van der Waals surface area contributed by atoms with Crippen LogP contribution in [-0.4, -0.2) is 40.2 Å². The van der Waals surface area contributed by atoms with Gasteiger partial charge in [-0.05, 0) is 26.8 Å². The Balaban J connectivity index is 2.31. The maximum absolute atomic E-state index is 13.6. The topological polar surface area (TPSA) is 68.7 Å². The zero-order valence-corrected chi connectivity index (χ0v) is 14.8. The lowest BCUT2D eigenvalue weighted by atomic mass is 10.1. The summed E-state index contributed by atoms with van der Waals surface area (Å²) in [6.45, 7) is 6.68. The van der Waals surface area contributed by atoms with Crippen molar-refractivity contribution in [3.8, 4) is 0 Å². The first-order valence-electron chi connectivity index (χ1n) is 7.54. The van der Waals surface area contributed by atoms with Crippen molar-refractivity contribution in [2.45, 2.75) is 51.9 Å². The quantitative estimate of drug-likeness (QED) is 0.598. The first-order chi connectivity index (χ1) is 11.1. The first-order valence-corrected chi connectivity index (χ1v) is 7.92. The Labute approximate surface area is 144 Å². The summed E-state index contributed by atoms with van der Waals surface area (Å²) >= 11 is 6.07. The molecular weight excluding hydrogens is 339 g/mol. The lowest BCUT2D eigenvalue weighted by molar-refractivity contribution is -0.145. The number of rotatable bonds is 2. The van der Waals surface area contributed by atoms with Crippen molar-refractivity contribution < 1.29 is 23.5 Å². The van der Waals surface area contributed by atoms with Crippen LogP contribution in [0.4, 0.5) is 9.18 Å². The molecule has 132 valence electrons. The van der Waals surface area contributed by atoms with Crippen LogP contribution in [0.15, 0.2) is 12.3 Å². The number of halogens is 2. The number of hydrogen-bond acceptors (Lipinski definition) is 5. The van der Waals surface area contributed by atoms with Gasteiger partial charge in [-0.3, -0.25) is 9.69 Å². The van der Waals surface area contributed by atoms with Crippen molar-refractivity contribution >= 4 is 23.7 Å². The fraction of sp³-hybridized carbons (Fsp3) is 0.562. The van der Waals surface area contributed by atoms with E-state index in [1.54, 1.807) is 20.8 Å². The van der Waals surface area contributed by atoms with Gasteiger partial charge in [-0.2, -0.15) is 0 Å². The molecule has 2 heterocycles. The molecule has 0 aromatic carbocycles. The molecule has 1 aromatic heterocycles. The Morgan fingerprint density at radius 1 is 1.42 bits per heavy atom. The van der Waals surface area contributed by atoms with Crippen LogP contribution in [-0.2, 0) is 14.3 Å². The average Bonchev–Trinajstić information content (AvgIpc) is 2.82. The van der Waals surface area contributed by atoms with Gasteiger partial charge in [0, 0.05) is 18.9 Å². The van der Waals surface area contributed by atoms with E-state index in [9.17, 15) is 14.0 Å². The average molecular weight is 359 g/mol. The number of pyridine rings is 1. The molecule has 0 saturated carbocycles. The van der Waals surface area contributed by atoms with E-state index in [0.29, 0.717) is 12.0 Å². The number of amides is 1. The number of ether oxygens (including phenoxy) is 2. The number of nitrogens with zero attached hydrogens (tertiary/aromatic N) is 2. The highest BCUT2D eigenvalue weighted by Gasteiger charge is 2.41. The second-order valence-corrected chi connectivity index (χ2v) is 7.01. The predicted molar refractivity (Wildman–Crippen MR) is 85.1 cm³/mol. The fourth-order valence-electron chi connectivity index (χ4n) is 2.61. The van der Waals surface area contributed by atoms with Crippen LogP contribution in [0.3, 0.4) is 0 Å². The molecule has 8 heteroatoms. The van der Waals surface area contributed by atoms with Gasteiger partial charge >= 0.3 is 12.1 Å².